The highest BCUT2D eigenvalue weighted by molar-refractivity contribution is 5.97. The van der Waals surface area contributed by atoms with Crippen molar-refractivity contribution in [2.24, 2.45) is 0 Å². The molecule has 11 nitrogen and oxygen atoms in total. The van der Waals surface area contributed by atoms with E-state index >= 15 is 0 Å². The van der Waals surface area contributed by atoms with Crippen LogP contribution in [0.2, 0.25) is 0 Å². The van der Waals surface area contributed by atoms with E-state index in [1.807, 2.05) is 0 Å². The summed E-state index contributed by atoms with van der Waals surface area (Å²) < 4.78 is 57.4. The Kier molecular flexibility index (Phi) is 5.83. The van der Waals surface area contributed by atoms with E-state index in [1.54, 1.807) is 0 Å². The molecule has 2 aromatic heterocycles. The van der Waals surface area contributed by atoms with Gasteiger partial charge in [-0.25, -0.2) is 24.2 Å². The number of benzene rings is 2. The highest BCUT2D eigenvalue weighted by Gasteiger charge is 2.44. The highest BCUT2D eigenvalue weighted by Crippen LogP contribution is 2.33. The lowest BCUT2D eigenvalue weighted by Crippen LogP contribution is -2.41. The average Bonchev–Trinajstić information content (AvgIpc) is 3.34. The van der Waals surface area contributed by atoms with Crippen molar-refractivity contribution in [3.05, 3.63) is 60.4 Å². The molecule has 0 spiro atoms. The van der Waals surface area contributed by atoms with Gasteiger partial charge in [0.1, 0.15) is 5.52 Å². The molecule has 37 heavy (non-hydrogen) atoms. The summed E-state index contributed by atoms with van der Waals surface area (Å²) in [4.78, 5) is 39.4. The third-order valence-corrected chi connectivity index (χ3v) is 5.28. The van der Waals surface area contributed by atoms with E-state index in [0.717, 1.165) is 6.20 Å². The lowest BCUT2D eigenvalue weighted by atomic mass is 10.0. The van der Waals surface area contributed by atoms with Crippen LogP contribution in [0, 0.1) is 5.82 Å². The van der Waals surface area contributed by atoms with Crippen molar-refractivity contribution in [1.29, 1.82) is 0 Å². The van der Waals surface area contributed by atoms with E-state index in [1.165, 1.54) is 42.8 Å². The van der Waals surface area contributed by atoms with Crippen LogP contribution in [0.25, 0.3) is 11.1 Å². The molecule has 3 heterocycles. The molecular formula is C22H14F4N6O5. The summed E-state index contributed by atoms with van der Waals surface area (Å²) in [5.41, 5.74) is 1.73. The van der Waals surface area contributed by atoms with Crippen LogP contribution in [-0.4, -0.2) is 38.2 Å². The Hall–Kier alpha value is -4.79. The van der Waals surface area contributed by atoms with Crippen molar-refractivity contribution < 1.29 is 41.6 Å². The Morgan fingerprint density at radius 1 is 1.16 bits per heavy atom. The highest BCUT2D eigenvalue weighted by atomic mass is 19.4. The number of hydroxylamine groups is 1. The van der Waals surface area contributed by atoms with Gasteiger partial charge in [0.05, 0.1) is 17.6 Å². The van der Waals surface area contributed by atoms with Crippen LogP contribution in [-0.2, 0) is 20.8 Å². The number of rotatable bonds is 5. The normalized spacial score (nSPS) is 13.4. The maximum absolute atomic E-state index is 14.4. The topological polar surface area (TPSA) is 134 Å². The number of nitrogens with zero attached hydrogens (tertiary/aromatic N) is 5. The van der Waals surface area contributed by atoms with Gasteiger partial charge in [0.2, 0.25) is 5.95 Å². The molecule has 0 aliphatic carbocycles. The van der Waals surface area contributed by atoms with Gasteiger partial charge in [-0.15, -0.1) is 5.06 Å². The lowest BCUT2D eigenvalue weighted by Gasteiger charge is -2.28. The van der Waals surface area contributed by atoms with Crippen molar-refractivity contribution >= 4 is 51.8 Å². The Bertz CT molecular complexity index is 1530. The van der Waals surface area contributed by atoms with Crippen LogP contribution in [0.4, 0.5) is 46.4 Å². The standard InChI is InChI=1S/C22H14F4N6O5/c23-14-9-27-21(30-19(14)31(35)13-3-5-17-15(8-13)28-10-36-17)29-12-2-4-16-11(7-12)1-6-18(33)32(16)37-20(34)22(24,25)26/h2-5,7-10,35H,1,6H2,(H,27,29,30). The van der Waals surface area contributed by atoms with Gasteiger partial charge in [-0.05, 0) is 48.4 Å². The smallest absolute Gasteiger partial charge is 0.443 e. The molecule has 15 heteroatoms. The number of amides is 1. The van der Waals surface area contributed by atoms with Gasteiger partial charge < -0.3 is 14.6 Å². The van der Waals surface area contributed by atoms with Crippen molar-refractivity contribution in [3.63, 3.8) is 0 Å². The van der Waals surface area contributed by atoms with E-state index < -0.39 is 29.7 Å². The number of aryl methyl sites for hydroxylation is 1. The molecule has 0 unspecified atom stereocenters. The Balaban J connectivity index is 1.38. The van der Waals surface area contributed by atoms with Crippen molar-refractivity contribution in [2.75, 3.05) is 15.4 Å². The minimum absolute atomic E-state index is 0.0371. The summed E-state index contributed by atoms with van der Waals surface area (Å²) in [6.07, 6.45) is -3.27. The number of fused-ring (bicyclic) bond motifs is 2. The van der Waals surface area contributed by atoms with Gasteiger partial charge >= 0.3 is 12.1 Å². The number of hydrogen-bond donors (Lipinski definition) is 2. The summed E-state index contributed by atoms with van der Waals surface area (Å²) in [7, 11) is 0. The molecule has 1 amide bonds. The first-order chi connectivity index (χ1) is 17.6. The second kappa shape index (κ2) is 9.02. The van der Waals surface area contributed by atoms with Gasteiger partial charge in [0, 0.05) is 12.1 Å². The van der Waals surface area contributed by atoms with Crippen LogP contribution < -0.4 is 15.4 Å². The molecule has 0 atom stereocenters. The molecule has 0 saturated heterocycles. The minimum atomic E-state index is -5.28. The predicted octanol–water partition coefficient (Wildman–Crippen LogP) is 4.33. The molecule has 0 saturated carbocycles. The number of alkyl halides is 3. The van der Waals surface area contributed by atoms with Gasteiger partial charge in [-0.3, -0.25) is 10.0 Å². The Morgan fingerprint density at radius 3 is 2.76 bits per heavy atom. The monoisotopic (exact) mass is 518 g/mol. The molecule has 0 bridgehead atoms. The first-order valence-electron chi connectivity index (χ1n) is 10.5. The molecule has 4 aromatic rings. The lowest BCUT2D eigenvalue weighted by molar-refractivity contribution is -0.201. The molecule has 1 aliphatic rings. The minimum Gasteiger partial charge on any atom is -0.443 e. The van der Waals surface area contributed by atoms with E-state index in [2.05, 4.69) is 25.1 Å². The van der Waals surface area contributed by atoms with Gasteiger partial charge in [-0.2, -0.15) is 18.2 Å². The quantitative estimate of drug-likeness (QED) is 0.290. The Labute approximate surface area is 203 Å². The second-order valence-corrected chi connectivity index (χ2v) is 7.71. The fraction of sp³-hybridized carbons (Fsp3) is 0.136. The molecule has 0 radical (unpaired) electrons. The van der Waals surface area contributed by atoms with E-state index in [9.17, 15) is 32.4 Å². The molecule has 2 aromatic carbocycles. The third-order valence-electron chi connectivity index (χ3n) is 5.28. The van der Waals surface area contributed by atoms with E-state index in [4.69, 9.17) is 4.42 Å². The number of hydrogen-bond acceptors (Lipinski definition) is 10. The van der Waals surface area contributed by atoms with Gasteiger partial charge in [-0.1, -0.05) is 0 Å². The third kappa shape index (κ3) is 4.71. The fourth-order valence-corrected chi connectivity index (χ4v) is 3.57. The maximum Gasteiger partial charge on any atom is 0.493 e. The summed E-state index contributed by atoms with van der Waals surface area (Å²) in [5.74, 6) is -4.87. The number of oxazole rings is 1. The maximum atomic E-state index is 14.4. The zero-order valence-corrected chi connectivity index (χ0v) is 18.4. The summed E-state index contributed by atoms with van der Waals surface area (Å²) in [5, 5.41) is 14.2. The van der Waals surface area contributed by atoms with E-state index in [-0.39, 0.29) is 30.2 Å². The number of anilines is 5. The molecule has 2 N–H and O–H groups in total. The number of carbonyl (C=O) groups is 2. The summed E-state index contributed by atoms with van der Waals surface area (Å²) in [6.45, 7) is 0. The first-order valence-corrected chi connectivity index (χ1v) is 10.5. The molecule has 190 valence electrons. The fourth-order valence-electron chi connectivity index (χ4n) is 3.57. The van der Waals surface area contributed by atoms with Crippen molar-refractivity contribution in [2.45, 2.75) is 19.0 Å². The molecule has 1 aliphatic heterocycles. The molecule has 0 fully saturated rings. The SMILES string of the molecule is O=C1CCc2cc(Nc3ncc(F)c(N(O)c4ccc5ocnc5c4)n3)ccc2N1OC(=O)C(F)(F)F. The Morgan fingerprint density at radius 2 is 1.97 bits per heavy atom. The zero-order valence-electron chi connectivity index (χ0n) is 18.4. The van der Waals surface area contributed by atoms with Crippen LogP contribution in [0.5, 0.6) is 0 Å². The summed E-state index contributed by atoms with van der Waals surface area (Å²) >= 11 is 0. The second-order valence-electron chi connectivity index (χ2n) is 7.71. The first kappa shape index (κ1) is 23.9. The van der Waals surface area contributed by atoms with Crippen LogP contribution in [0.15, 0.2) is 53.4 Å². The zero-order chi connectivity index (χ0) is 26.3. The van der Waals surface area contributed by atoms with Crippen LogP contribution in [0.3, 0.4) is 0 Å². The van der Waals surface area contributed by atoms with E-state index in [0.29, 0.717) is 32.5 Å². The largest absolute Gasteiger partial charge is 0.493 e. The van der Waals surface area contributed by atoms with Crippen molar-refractivity contribution in [1.82, 2.24) is 15.0 Å². The molecule has 5 rings (SSSR count). The summed E-state index contributed by atoms with van der Waals surface area (Å²) in [6, 6.07) is 8.58. The van der Waals surface area contributed by atoms with Crippen molar-refractivity contribution in [3.8, 4) is 0 Å². The number of nitrogens with one attached hydrogen (secondary N) is 1. The average molecular weight is 518 g/mol. The van der Waals surface area contributed by atoms with Gasteiger partial charge in [0.25, 0.3) is 5.91 Å². The van der Waals surface area contributed by atoms with Crippen LogP contribution in [0.1, 0.15) is 12.0 Å². The predicted molar refractivity (Wildman–Crippen MR) is 118 cm³/mol. The van der Waals surface area contributed by atoms with Crippen LogP contribution >= 0.6 is 0 Å². The number of halogens is 4. The number of aromatic nitrogens is 3. The molecular weight excluding hydrogens is 504 g/mol. The van der Waals surface area contributed by atoms with Gasteiger partial charge in [0.15, 0.2) is 23.6 Å². The number of carbonyl (C=O) groups excluding carboxylic acids is 2.